The van der Waals surface area contributed by atoms with Crippen LogP contribution in [-0.4, -0.2) is 37.5 Å². The van der Waals surface area contributed by atoms with E-state index >= 15 is 0 Å². The van der Waals surface area contributed by atoms with Crippen molar-refractivity contribution in [3.05, 3.63) is 4.88 Å². The molecule has 1 aromatic rings. The van der Waals surface area contributed by atoms with Crippen molar-refractivity contribution in [1.82, 2.24) is 0 Å². The lowest BCUT2D eigenvalue weighted by molar-refractivity contribution is -0.00513. The van der Waals surface area contributed by atoms with Crippen LogP contribution >= 0.6 is 23.1 Å². The van der Waals surface area contributed by atoms with Gasteiger partial charge in [-0.1, -0.05) is 0 Å². The number of anilines is 2. The van der Waals surface area contributed by atoms with Gasteiger partial charge in [0.25, 0.3) is 5.91 Å². The number of rotatable bonds is 3. The zero-order chi connectivity index (χ0) is 14.2. The molecule has 0 bridgehead atoms. The smallest absolute Gasteiger partial charge is 0.261 e. The highest BCUT2D eigenvalue weighted by Crippen LogP contribution is 2.44. The fourth-order valence-electron chi connectivity index (χ4n) is 2.35. The molecular weight excluding hydrogens is 282 g/mol. The van der Waals surface area contributed by atoms with Crippen molar-refractivity contribution in [3.63, 3.8) is 0 Å². The molecule has 5 nitrogen and oxygen atoms in total. The van der Waals surface area contributed by atoms with Gasteiger partial charge in [0.15, 0.2) is 0 Å². The Bertz CT molecular complexity index is 480. The molecular formula is C12H19N3O2S2. The summed E-state index contributed by atoms with van der Waals surface area (Å²) in [6.45, 7) is 5.70. The molecule has 4 N–H and O–H groups in total. The van der Waals surface area contributed by atoms with Crippen LogP contribution in [0.5, 0.6) is 0 Å². The first-order valence-corrected chi connectivity index (χ1v) is 8.14. The number of nitrogen functional groups attached to an aromatic ring is 1. The number of nitrogens with two attached hydrogens (primary N) is 2. The van der Waals surface area contributed by atoms with E-state index in [0.29, 0.717) is 10.6 Å². The Morgan fingerprint density at radius 3 is 2.47 bits per heavy atom. The molecule has 0 aliphatic carbocycles. The van der Waals surface area contributed by atoms with Crippen LogP contribution < -0.4 is 16.4 Å². The maximum absolute atomic E-state index is 11.4. The summed E-state index contributed by atoms with van der Waals surface area (Å²) in [5, 5.41) is 1.03. The molecule has 1 aliphatic heterocycles. The van der Waals surface area contributed by atoms with Crippen LogP contribution in [0.1, 0.15) is 23.5 Å². The van der Waals surface area contributed by atoms with Crippen molar-refractivity contribution >= 4 is 39.7 Å². The number of morpholine rings is 1. The number of nitrogens with zero attached hydrogens (tertiary/aromatic N) is 1. The number of primary amides is 1. The van der Waals surface area contributed by atoms with Crippen molar-refractivity contribution in [2.45, 2.75) is 31.0 Å². The van der Waals surface area contributed by atoms with Crippen molar-refractivity contribution in [2.24, 2.45) is 5.73 Å². The first-order chi connectivity index (χ1) is 8.93. The third-order valence-electron chi connectivity index (χ3n) is 3.02. The Morgan fingerprint density at radius 2 is 2.00 bits per heavy atom. The largest absolute Gasteiger partial charge is 0.396 e. The standard InChI is InChI=1S/C12H19N3O2S2/c1-6-4-15(5-7(2)17-6)12-10(18-3)8(13)9(19-12)11(14)16/h6-7H,4-5,13H2,1-3H3,(H2,14,16)/t6-,7+. The molecule has 7 heteroatoms. The summed E-state index contributed by atoms with van der Waals surface area (Å²) in [6.07, 6.45) is 2.29. The summed E-state index contributed by atoms with van der Waals surface area (Å²) in [5.41, 5.74) is 11.9. The topological polar surface area (TPSA) is 81.6 Å². The number of amides is 1. The van der Waals surface area contributed by atoms with Gasteiger partial charge in [-0.2, -0.15) is 0 Å². The SMILES string of the molecule is CSc1c(N2C[C@@H](C)O[C@@H](C)C2)sc(C(N)=O)c1N. The minimum atomic E-state index is -0.460. The van der Waals surface area contributed by atoms with Crippen LogP contribution in [0.4, 0.5) is 10.7 Å². The minimum absolute atomic E-state index is 0.166. The van der Waals surface area contributed by atoms with Gasteiger partial charge in [-0.05, 0) is 20.1 Å². The average Bonchev–Trinajstić information content (AvgIpc) is 2.65. The highest BCUT2D eigenvalue weighted by molar-refractivity contribution is 7.99. The van der Waals surface area contributed by atoms with Crippen LogP contribution in [0, 0.1) is 0 Å². The maximum Gasteiger partial charge on any atom is 0.261 e. The van der Waals surface area contributed by atoms with E-state index in [9.17, 15) is 4.79 Å². The summed E-state index contributed by atoms with van der Waals surface area (Å²) in [7, 11) is 0. The third-order valence-corrected chi connectivity index (χ3v) is 5.25. The predicted molar refractivity (Wildman–Crippen MR) is 81.3 cm³/mol. The van der Waals surface area contributed by atoms with E-state index in [1.165, 1.54) is 11.3 Å². The van der Waals surface area contributed by atoms with E-state index < -0.39 is 5.91 Å². The van der Waals surface area contributed by atoms with E-state index in [0.717, 1.165) is 23.0 Å². The quantitative estimate of drug-likeness (QED) is 0.832. The lowest BCUT2D eigenvalue weighted by atomic mass is 10.2. The minimum Gasteiger partial charge on any atom is -0.396 e. The molecule has 19 heavy (non-hydrogen) atoms. The predicted octanol–water partition coefficient (Wildman–Crippen LogP) is 1.76. The molecule has 1 saturated heterocycles. The zero-order valence-electron chi connectivity index (χ0n) is 11.3. The van der Waals surface area contributed by atoms with Crippen LogP contribution in [0.25, 0.3) is 0 Å². The van der Waals surface area contributed by atoms with Gasteiger partial charge >= 0.3 is 0 Å². The van der Waals surface area contributed by atoms with Crippen LogP contribution in [0.3, 0.4) is 0 Å². The van der Waals surface area contributed by atoms with Gasteiger partial charge in [0.1, 0.15) is 9.88 Å². The molecule has 2 rings (SSSR count). The van der Waals surface area contributed by atoms with Gasteiger partial charge in [-0.15, -0.1) is 23.1 Å². The molecule has 0 unspecified atom stereocenters. The summed E-state index contributed by atoms with van der Waals surface area (Å²) >= 11 is 2.93. The van der Waals surface area contributed by atoms with Gasteiger partial charge in [0.05, 0.1) is 22.8 Å². The number of hydrogen-bond acceptors (Lipinski definition) is 6. The first-order valence-electron chi connectivity index (χ1n) is 6.10. The summed E-state index contributed by atoms with van der Waals surface area (Å²) in [4.78, 5) is 15.0. The van der Waals surface area contributed by atoms with Crippen LogP contribution in [-0.2, 0) is 4.74 Å². The maximum atomic E-state index is 11.4. The van der Waals surface area contributed by atoms with Crippen LogP contribution in [0.15, 0.2) is 4.90 Å². The summed E-state index contributed by atoms with van der Waals surface area (Å²) in [5.74, 6) is -0.460. The highest BCUT2D eigenvalue weighted by atomic mass is 32.2. The van der Waals surface area contributed by atoms with Crippen molar-refractivity contribution in [1.29, 1.82) is 0 Å². The molecule has 0 spiro atoms. The Kier molecular flexibility index (Phi) is 4.27. The highest BCUT2D eigenvalue weighted by Gasteiger charge is 2.28. The lowest BCUT2D eigenvalue weighted by Gasteiger charge is -2.36. The third kappa shape index (κ3) is 2.82. The van der Waals surface area contributed by atoms with Gasteiger partial charge in [-0.3, -0.25) is 4.79 Å². The van der Waals surface area contributed by atoms with E-state index in [1.54, 1.807) is 11.8 Å². The van der Waals surface area contributed by atoms with Crippen molar-refractivity contribution < 1.29 is 9.53 Å². The molecule has 0 aromatic carbocycles. The summed E-state index contributed by atoms with van der Waals surface area (Å²) in [6, 6.07) is 0. The normalized spacial score (nSPS) is 23.6. The fourth-order valence-corrected chi connectivity index (χ4v) is 4.40. The van der Waals surface area contributed by atoms with E-state index in [4.69, 9.17) is 16.2 Å². The summed E-state index contributed by atoms with van der Waals surface area (Å²) < 4.78 is 5.73. The molecule has 1 aliphatic rings. The Labute approximate surface area is 121 Å². The number of thiophene rings is 1. The number of carbonyl (C=O) groups excluding carboxylic acids is 1. The fraction of sp³-hybridized carbons (Fsp3) is 0.583. The van der Waals surface area contributed by atoms with Gasteiger partial charge < -0.3 is 21.1 Å². The van der Waals surface area contributed by atoms with E-state index in [-0.39, 0.29) is 12.2 Å². The van der Waals surface area contributed by atoms with Gasteiger partial charge in [0, 0.05) is 13.1 Å². The molecule has 0 saturated carbocycles. The Hall–Kier alpha value is -0.920. The second-order valence-corrected chi connectivity index (χ2v) is 6.53. The molecule has 2 heterocycles. The molecule has 2 atom stereocenters. The lowest BCUT2D eigenvalue weighted by Crippen LogP contribution is -2.45. The number of ether oxygens (including phenoxy) is 1. The molecule has 1 fully saturated rings. The van der Waals surface area contributed by atoms with Gasteiger partial charge in [-0.25, -0.2) is 0 Å². The van der Waals surface area contributed by atoms with E-state index in [1.807, 2.05) is 20.1 Å². The number of thioether (sulfide) groups is 1. The number of hydrogen-bond donors (Lipinski definition) is 2. The van der Waals surface area contributed by atoms with E-state index in [2.05, 4.69) is 4.90 Å². The zero-order valence-corrected chi connectivity index (χ0v) is 12.9. The Balaban J connectivity index is 2.38. The van der Waals surface area contributed by atoms with Crippen LogP contribution in [0.2, 0.25) is 0 Å². The first kappa shape index (κ1) is 14.5. The number of carbonyl (C=O) groups is 1. The molecule has 1 aromatic heterocycles. The molecule has 0 radical (unpaired) electrons. The Morgan fingerprint density at radius 1 is 1.42 bits per heavy atom. The second-order valence-electron chi connectivity index (χ2n) is 4.71. The van der Waals surface area contributed by atoms with Crippen molar-refractivity contribution in [3.8, 4) is 0 Å². The average molecular weight is 301 g/mol. The molecule has 1 amide bonds. The monoisotopic (exact) mass is 301 g/mol. The van der Waals surface area contributed by atoms with Crippen molar-refractivity contribution in [2.75, 3.05) is 30.0 Å². The molecule has 106 valence electrons. The van der Waals surface area contributed by atoms with Gasteiger partial charge in [0.2, 0.25) is 0 Å². The second kappa shape index (κ2) is 5.60.